The minimum atomic E-state index is -0.301. The maximum atomic E-state index is 12.4. The van der Waals surface area contributed by atoms with Crippen molar-refractivity contribution in [1.82, 2.24) is 9.78 Å². The fraction of sp³-hybridized carbons (Fsp3) is 0.238. The van der Waals surface area contributed by atoms with E-state index in [-0.39, 0.29) is 24.0 Å². The zero-order valence-corrected chi connectivity index (χ0v) is 15.7. The number of nitrogens with one attached hydrogen (secondary N) is 1. The predicted octanol–water partition coefficient (Wildman–Crippen LogP) is 3.13. The number of rotatable bonds is 5. The highest BCUT2D eigenvalue weighted by atomic mass is 16.5. The van der Waals surface area contributed by atoms with Crippen molar-refractivity contribution in [3.05, 3.63) is 65.4 Å². The van der Waals surface area contributed by atoms with Crippen LogP contribution in [-0.2, 0) is 11.3 Å². The molecule has 2 aromatic carbocycles. The molecule has 1 amide bonds. The molecule has 0 bridgehead atoms. The summed E-state index contributed by atoms with van der Waals surface area (Å²) in [5, 5.41) is 17.8. The van der Waals surface area contributed by atoms with Crippen LogP contribution in [0.25, 0.3) is 0 Å². The Morgan fingerprint density at radius 2 is 2.00 bits per heavy atom. The number of para-hydroxylation sites is 1. The van der Waals surface area contributed by atoms with Crippen LogP contribution >= 0.6 is 0 Å². The van der Waals surface area contributed by atoms with E-state index in [9.17, 15) is 9.90 Å². The molecule has 0 radical (unpaired) electrons. The lowest BCUT2D eigenvalue weighted by atomic mass is 9.86. The Kier molecular flexibility index (Phi) is 4.65. The minimum Gasteiger partial charge on any atom is -0.508 e. The molecule has 1 aromatic heterocycles. The number of phenolic OH excluding ortho intramolecular Hbond substituents is 1. The third-order valence-corrected chi connectivity index (χ3v) is 5.01. The van der Waals surface area contributed by atoms with Gasteiger partial charge in [-0.25, -0.2) is 4.68 Å². The van der Waals surface area contributed by atoms with Crippen molar-refractivity contribution in [3.63, 3.8) is 0 Å². The number of hydrogen-bond acceptors (Lipinski definition) is 5. The van der Waals surface area contributed by atoms with Gasteiger partial charge in [-0.2, -0.15) is 5.10 Å². The second kappa shape index (κ2) is 7.26. The lowest BCUT2D eigenvalue weighted by molar-refractivity contribution is -0.116. The number of nitrogens with zero attached hydrogens (tertiary/aromatic N) is 2. The van der Waals surface area contributed by atoms with Crippen LogP contribution in [-0.4, -0.2) is 35.0 Å². The van der Waals surface area contributed by atoms with Gasteiger partial charge in [-0.15, -0.1) is 0 Å². The van der Waals surface area contributed by atoms with Crippen molar-refractivity contribution in [3.8, 4) is 17.2 Å². The molecule has 4 rings (SSSR count). The number of aromatic nitrogens is 2. The predicted molar refractivity (Wildman–Crippen MR) is 104 cm³/mol. The molecule has 1 aliphatic rings. The Labute approximate surface area is 162 Å². The summed E-state index contributed by atoms with van der Waals surface area (Å²) in [6.45, 7) is 0.455. The molecule has 3 aromatic rings. The van der Waals surface area contributed by atoms with Crippen LogP contribution in [0.3, 0.4) is 0 Å². The number of phenols is 1. The number of aromatic hydroxyl groups is 1. The van der Waals surface area contributed by atoms with Gasteiger partial charge in [0.25, 0.3) is 0 Å². The number of fused-ring (bicyclic) bond motifs is 1. The Bertz CT molecular complexity index is 1030. The first-order valence-corrected chi connectivity index (χ1v) is 8.95. The number of amides is 1. The van der Waals surface area contributed by atoms with E-state index >= 15 is 0 Å². The number of carbonyl (C=O) groups excluding carboxylic acids is 1. The number of carbonyl (C=O) groups is 1. The fourth-order valence-corrected chi connectivity index (χ4v) is 3.60. The van der Waals surface area contributed by atoms with Gasteiger partial charge >= 0.3 is 0 Å². The largest absolute Gasteiger partial charge is 0.508 e. The summed E-state index contributed by atoms with van der Waals surface area (Å²) >= 11 is 0. The van der Waals surface area contributed by atoms with Crippen molar-refractivity contribution >= 4 is 11.7 Å². The van der Waals surface area contributed by atoms with E-state index in [1.807, 2.05) is 24.3 Å². The van der Waals surface area contributed by atoms with Crippen LogP contribution in [0.4, 0.5) is 5.82 Å². The summed E-state index contributed by atoms with van der Waals surface area (Å²) in [4.78, 5) is 12.4. The summed E-state index contributed by atoms with van der Waals surface area (Å²) in [6, 6.07) is 12.7. The highest BCUT2D eigenvalue weighted by Crippen LogP contribution is 2.41. The molecule has 2 N–H and O–H groups in total. The molecule has 144 valence electrons. The first-order valence-electron chi connectivity index (χ1n) is 8.95. The highest BCUT2D eigenvalue weighted by molar-refractivity contribution is 5.94. The zero-order valence-electron chi connectivity index (χ0n) is 15.7. The summed E-state index contributed by atoms with van der Waals surface area (Å²) in [5.74, 6) is 1.72. The van der Waals surface area contributed by atoms with Crippen molar-refractivity contribution in [1.29, 1.82) is 0 Å². The topological polar surface area (TPSA) is 85.6 Å². The molecule has 1 unspecified atom stereocenters. The number of anilines is 1. The molecule has 1 atom stereocenters. The molecule has 0 spiro atoms. The molecule has 7 heteroatoms. The van der Waals surface area contributed by atoms with E-state index in [2.05, 4.69) is 10.4 Å². The zero-order chi connectivity index (χ0) is 19.7. The first-order chi connectivity index (χ1) is 13.6. The van der Waals surface area contributed by atoms with E-state index in [1.54, 1.807) is 43.3 Å². The molecule has 28 heavy (non-hydrogen) atoms. The van der Waals surface area contributed by atoms with Gasteiger partial charge in [0, 0.05) is 29.0 Å². The number of ether oxygens (including phenoxy) is 2. The number of hydrogen-bond donors (Lipinski definition) is 2. The lowest BCUT2D eigenvalue weighted by Crippen LogP contribution is -2.25. The van der Waals surface area contributed by atoms with Gasteiger partial charge in [0.2, 0.25) is 5.91 Å². The van der Waals surface area contributed by atoms with E-state index < -0.39 is 0 Å². The second-order valence-corrected chi connectivity index (χ2v) is 6.65. The van der Waals surface area contributed by atoms with Gasteiger partial charge in [-0.3, -0.25) is 4.79 Å². The Balaban J connectivity index is 1.74. The normalized spacial score (nSPS) is 15.6. The van der Waals surface area contributed by atoms with Gasteiger partial charge < -0.3 is 19.9 Å². The van der Waals surface area contributed by atoms with E-state index in [4.69, 9.17) is 9.47 Å². The molecule has 0 aliphatic carbocycles. The smallest absolute Gasteiger partial charge is 0.226 e. The average molecular weight is 379 g/mol. The lowest BCUT2D eigenvalue weighted by Gasteiger charge is -2.24. The van der Waals surface area contributed by atoms with E-state index in [1.165, 1.54) is 0 Å². The fourth-order valence-electron chi connectivity index (χ4n) is 3.60. The maximum absolute atomic E-state index is 12.4. The first kappa shape index (κ1) is 17.9. The SMILES string of the molecule is COc1ccc(O)c(C2CC(=O)Nc3c2cnn3Cc2ccccc2OC)c1. The standard InChI is InChI=1S/C21H21N3O4/c1-27-14-7-8-18(25)16(9-14)15-10-20(26)23-21-17(15)11-22-24(21)12-13-5-3-4-6-19(13)28-2/h3-9,11,15,25H,10,12H2,1-2H3,(H,23,26). The summed E-state index contributed by atoms with van der Waals surface area (Å²) in [7, 11) is 3.20. The number of methoxy groups -OCH3 is 2. The maximum Gasteiger partial charge on any atom is 0.226 e. The van der Waals surface area contributed by atoms with Crippen molar-refractivity contribution in [2.24, 2.45) is 0 Å². The Hall–Kier alpha value is -3.48. The second-order valence-electron chi connectivity index (χ2n) is 6.65. The molecule has 1 aliphatic heterocycles. The molecule has 2 heterocycles. The van der Waals surface area contributed by atoms with Crippen molar-refractivity contribution < 1.29 is 19.4 Å². The van der Waals surface area contributed by atoms with Crippen molar-refractivity contribution in [2.45, 2.75) is 18.9 Å². The Morgan fingerprint density at radius 1 is 1.18 bits per heavy atom. The molecule has 0 saturated carbocycles. The molecule has 0 saturated heterocycles. The van der Waals surface area contributed by atoms with E-state index in [0.29, 0.717) is 23.7 Å². The molecular formula is C21H21N3O4. The Morgan fingerprint density at radius 3 is 2.79 bits per heavy atom. The average Bonchev–Trinajstić information content (AvgIpc) is 3.11. The van der Waals surface area contributed by atoms with Gasteiger partial charge in [-0.05, 0) is 24.3 Å². The van der Waals surface area contributed by atoms with Gasteiger partial charge in [0.15, 0.2) is 0 Å². The third kappa shape index (κ3) is 3.15. The monoisotopic (exact) mass is 379 g/mol. The third-order valence-electron chi connectivity index (χ3n) is 5.01. The van der Waals surface area contributed by atoms with Crippen molar-refractivity contribution in [2.75, 3.05) is 19.5 Å². The quantitative estimate of drug-likeness (QED) is 0.711. The van der Waals surface area contributed by atoms with Crippen LogP contribution in [0.5, 0.6) is 17.2 Å². The molecular weight excluding hydrogens is 358 g/mol. The van der Waals surface area contributed by atoms with Gasteiger partial charge in [0.1, 0.15) is 23.1 Å². The number of benzene rings is 2. The summed E-state index contributed by atoms with van der Waals surface area (Å²) in [6.07, 6.45) is 1.97. The van der Waals surface area contributed by atoms with Crippen LogP contribution in [0.2, 0.25) is 0 Å². The highest BCUT2D eigenvalue weighted by Gasteiger charge is 2.32. The summed E-state index contributed by atoms with van der Waals surface area (Å²) in [5.41, 5.74) is 2.46. The van der Waals surface area contributed by atoms with Crippen LogP contribution in [0.15, 0.2) is 48.7 Å². The van der Waals surface area contributed by atoms with Gasteiger partial charge in [-0.1, -0.05) is 18.2 Å². The van der Waals surface area contributed by atoms with Crippen LogP contribution in [0.1, 0.15) is 29.0 Å². The minimum absolute atomic E-state index is 0.124. The van der Waals surface area contributed by atoms with E-state index in [0.717, 1.165) is 16.9 Å². The van der Waals surface area contributed by atoms with Gasteiger partial charge in [0.05, 0.1) is 27.0 Å². The van der Waals surface area contributed by atoms with Crippen LogP contribution in [0, 0.1) is 0 Å². The van der Waals surface area contributed by atoms with Crippen LogP contribution < -0.4 is 14.8 Å². The molecule has 0 fully saturated rings. The molecule has 7 nitrogen and oxygen atoms in total. The summed E-state index contributed by atoms with van der Waals surface area (Å²) < 4.78 is 12.4.